The maximum Gasteiger partial charge on any atom is 0.394 e. The Morgan fingerprint density at radius 1 is 1.67 bits per heavy atom. The van der Waals surface area contributed by atoms with Gasteiger partial charge in [-0.2, -0.15) is 0 Å². The number of carbonyl (C=O) groups excluding carboxylic acids is 1. The zero-order valence-electron chi connectivity index (χ0n) is 8.10. The molecular formula is C10H9NO3S. The molecule has 5 heteroatoms. The Bertz CT molecular complexity index is 447. The standard InChI is InChI=1S/C10H9NO3S/c1-2-13-10(12)9-11-6-7(14-9)8-4-3-5-15-8/h3-6H,2H2,1H3. The summed E-state index contributed by atoms with van der Waals surface area (Å²) in [6, 6.07) is 3.81. The Labute approximate surface area is 90.5 Å². The molecule has 0 N–H and O–H groups in total. The predicted molar refractivity (Wildman–Crippen MR) is 55.8 cm³/mol. The highest BCUT2D eigenvalue weighted by molar-refractivity contribution is 7.13. The van der Waals surface area contributed by atoms with Crippen LogP contribution in [0.15, 0.2) is 28.1 Å². The summed E-state index contributed by atoms with van der Waals surface area (Å²) < 4.78 is 10.0. The zero-order valence-corrected chi connectivity index (χ0v) is 8.91. The zero-order chi connectivity index (χ0) is 10.7. The first-order valence-corrected chi connectivity index (χ1v) is 5.36. The second-order valence-corrected chi connectivity index (χ2v) is 3.68. The van der Waals surface area contributed by atoms with Gasteiger partial charge in [-0.25, -0.2) is 9.78 Å². The van der Waals surface area contributed by atoms with Crippen LogP contribution < -0.4 is 0 Å². The second kappa shape index (κ2) is 4.27. The molecule has 0 unspecified atom stereocenters. The lowest BCUT2D eigenvalue weighted by atomic mass is 10.4. The number of esters is 1. The van der Waals surface area contributed by atoms with Crippen LogP contribution in [0.1, 0.15) is 17.6 Å². The third kappa shape index (κ3) is 2.07. The van der Waals surface area contributed by atoms with Crippen LogP contribution in [-0.2, 0) is 4.74 Å². The molecule has 0 aromatic carbocycles. The predicted octanol–water partition coefficient (Wildman–Crippen LogP) is 2.58. The van der Waals surface area contributed by atoms with Crippen molar-refractivity contribution >= 4 is 17.3 Å². The van der Waals surface area contributed by atoms with Gasteiger partial charge in [0.25, 0.3) is 0 Å². The van der Waals surface area contributed by atoms with Crippen molar-refractivity contribution in [2.75, 3.05) is 6.61 Å². The van der Waals surface area contributed by atoms with E-state index in [-0.39, 0.29) is 5.89 Å². The van der Waals surface area contributed by atoms with Crippen molar-refractivity contribution in [1.29, 1.82) is 0 Å². The molecule has 4 nitrogen and oxygen atoms in total. The van der Waals surface area contributed by atoms with Crippen molar-refractivity contribution < 1.29 is 13.9 Å². The molecule has 0 bridgehead atoms. The Balaban J connectivity index is 2.21. The van der Waals surface area contributed by atoms with Crippen molar-refractivity contribution in [3.05, 3.63) is 29.6 Å². The third-order valence-corrected chi connectivity index (χ3v) is 2.60. The number of oxazole rings is 1. The molecule has 0 saturated carbocycles. The molecule has 0 atom stereocenters. The van der Waals surface area contributed by atoms with Crippen molar-refractivity contribution in [1.82, 2.24) is 4.98 Å². The largest absolute Gasteiger partial charge is 0.459 e. The van der Waals surface area contributed by atoms with Gasteiger partial charge in [0.2, 0.25) is 0 Å². The summed E-state index contributed by atoms with van der Waals surface area (Å²) in [6.45, 7) is 2.05. The summed E-state index contributed by atoms with van der Waals surface area (Å²) in [5.41, 5.74) is 0. The highest BCUT2D eigenvalue weighted by Crippen LogP contribution is 2.25. The van der Waals surface area contributed by atoms with Crippen molar-refractivity contribution in [3.8, 4) is 10.6 Å². The molecule has 2 aromatic rings. The van der Waals surface area contributed by atoms with E-state index in [4.69, 9.17) is 9.15 Å². The van der Waals surface area contributed by atoms with Gasteiger partial charge in [0.05, 0.1) is 17.7 Å². The molecule has 0 aliphatic heterocycles. The molecular weight excluding hydrogens is 214 g/mol. The molecule has 0 amide bonds. The van der Waals surface area contributed by atoms with Crippen molar-refractivity contribution in [2.24, 2.45) is 0 Å². The molecule has 78 valence electrons. The van der Waals surface area contributed by atoms with Gasteiger partial charge in [-0.3, -0.25) is 0 Å². The third-order valence-electron chi connectivity index (χ3n) is 1.72. The van der Waals surface area contributed by atoms with Crippen LogP contribution in [0.3, 0.4) is 0 Å². The lowest BCUT2D eigenvalue weighted by Gasteiger charge is -1.95. The number of nitrogens with zero attached hydrogens (tertiary/aromatic N) is 1. The Morgan fingerprint density at radius 3 is 3.20 bits per heavy atom. The molecule has 0 aliphatic rings. The van der Waals surface area contributed by atoms with E-state index < -0.39 is 5.97 Å². The summed E-state index contributed by atoms with van der Waals surface area (Å²) in [4.78, 5) is 16.1. The molecule has 0 radical (unpaired) electrons. The smallest absolute Gasteiger partial charge is 0.394 e. The lowest BCUT2D eigenvalue weighted by Crippen LogP contribution is -2.04. The summed E-state index contributed by atoms with van der Waals surface area (Å²) in [6.07, 6.45) is 1.53. The number of aromatic nitrogens is 1. The minimum Gasteiger partial charge on any atom is -0.459 e. The molecule has 0 saturated heterocycles. The first-order chi connectivity index (χ1) is 7.31. The SMILES string of the molecule is CCOC(=O)c1ncc(-c2cccs2)o1. The van der Waals surface area contributed by atoms with Gasteiger partial charge in [0.1, 0.15) is 0 Å². The van der Waals surface area contributed by atoms with Crippen molar-refractivity contribution in [3.63, 3.8) is 0 Å². The molecule has 0 spiro atoms. The highest BCUT2D eigenvalue weighted by atomic mass is 32.1. The molecule has 15 heavy (non-hydrogen) atoms. The summed E-state index contributed by atoms with van der Waals surface area (Å²) in [5.74, 6) is 0.0635. The van der Waals surface area contributed by atoms with Gasteiger partial charge in [-0.15, -0.1) is 11.3 Å². The number of rotatable bonds is 3. The summed E-state index contributed by atoms with van der Waals surface area (Å²) >= 11 is 1.53. The fourth-order valence-electron chi connectivity index (χ4n) is 1.09. The Morgan fingerprint density at radius 2 is 2.53 bits per heavy atom. The first-order valence-electron chi connectivity index (χ1n) is 4.48. The second-order valence-electron chi connectivity index (χ2n) is 2.73. The van der Waals surface area contributed by atoms with E-state index in [0.29, 0.717) is 12.4 Å². The van der Waals surface area contributed by atoms with E-state index in [9.17, 15) is 4.79 Å². The van der Waals surface area contributed by atoms with Gasteiger partial charge in [0, 0.05) is 0 Å². The van der Waals surface area contributed by atoms with Crippen LogP contribution in [0.5, 0.6) is 0 Å². The lowest BCUT2D eigenvalue weighted by molar-refractivity contribution is 0.0482. The average molecular weight is 223 g/mol. The average Bonchev–Trinajstić information content (AvgIpc) is 2.89. The quantitative estimate of drug-likeness (QED) is 0.750. The fourth-order valence-corrected chi connectivity index (χ4v) is 1.77. The van der Waals surface area contributed by atoms with Crippen LogP contribution in [-0.4, -0.2) is 17.6 Å². The van der Waals surface area contributed by atoms with Crippen molar-refractivity contribution in [2.45, 2.75) is 6.92 Å². The number of thiophene rings is 1. The minimum atomic E-state index is -0.527. The number of hydrogen-bond acceptors (Lipinski definition) is 5. The first kappa shape index (κ1) is 9.92. The van der Waals surface area contributed by atoms with Crippen LogP contribution in [0, 0.1) is 0 Å². The van der Waals surface area contributed by atoms with Gasteiger partial charge >= 0.3 is 11.9 Å². The number of ether oxygens (including phenoxy) is 1. The Hall–Kier alpha value is -1.62. The maximum absolute atomic E-state index is 11.3. The Kier molecular flexibility index (Phi) is 2.82. The van der Waals surface area contributed by atoms with Gasteiger partial charge < -0.3 is 9.15 Å². The van der Waals surface area contributed by atoms with E-state index in [0.717, 1.165) is 4.88 Å². The van der Waals surface area contributed by atoms with Crippen LogP contribution in [0.2, 0.25) is 0 Å². The molecule has 0 aliphatic carbocycles. The van der Waals surface area contributed by atoms with Crippen LogP contribution >= 0.6 is 11.3 Å². The molecule has 2 aromatic heterocycles. The van der Waals surface area contributed by atoms with E-state index in [1.165, 1.54) is 17.5 Å². The van der Waals surface area contributed by atoms with E-state index in [1.807, 2.05) is 17.5 Å². The van der Waals surface area contributed by atoms with Gasteiger partial charge in [-0.1, -0.05) is 6.07 Å². The maximum atomic E-state index is 11.3. The molecule has 2 rings (SSSR count). The molecule has 0 fully saturated rings. The van der Waals surface area contributed by atoms with Gasteiger partial charge in [0.15, 0.2) is 5.76 Å². The normalized spacial score (nSPS) is 10.2. The fraction of sp³-hybridized carbons (Fsp3) is 0.200. The minimum absolute atomic E-state index is 0.000231. The monoisotopic (exact) mass is 223 g/mol. The number of carbonyl (C=O) groups is 1. The topological polar surface area (TPSA) is 52.3 Å². The van der Waals surface area contributed by atoms with Crippen LogP contribution in [0.25, 0.3) is 10.6 Å². The molecule has 2 heterocycles. The highest BCUT2D eigenvalue weighted by Gasteiger charge is 2.15. The van der Waals surface area contributed by atoms with E-state index in [2.05, 4.69) is 4.98 Å². The van der Waals surface area contributed by atoms with Gasteiger partial charge in [-0.05, 0) is 18.4 Å². The van der Waals surface area contributed by atoms with E-state index >= 15 is 0 Å². The summed E-state index contributed by atoms with van der Waals surface area (Å²) in [7, 11) is 0. The number of hydrogen-bond donors (Lipinski definition) is 0. The summed E-state index contributed by atoms with van der Waals surface area (Å²) in [5, 5.41) is 1.93. The van der Waals surface area contributed by atoms with Crippen LogP contribution in [0.4, 0.5) is 0 Å². The van der Waals surface area contributed by atoms with E-state index in [1.54, 1.807) is 6.92 Å².